The van der Waals surface area contributed by atoms with Crippen LogP contribution in [0.25, 0.3) is 5.69 Å². The number of imidazole rings is 1. The number of benzene rings is 2. The van der Waals surface area contributed by atoms with Crippen molar-refractivity contribution in [2.45, 2.75) is 6.42 Å². The Hall–Kier alpha value is -3.88. The van der Waals surface area contributed by atoms with Gasteiger partial charge in [-0.15, -0.1) is 0 Å². The summed E-state index contributed by atoms with van der Waals surface area (Å²) in [5.74, 6) is 0.649. The van der Waals surface area contributed by atoms with Gasteiger partial charge in [-0.25, -0.2) is 9.37 Å². The van der Waals surface area contributed by atoms with E-state index in [-0.39, 0.29) is 30.0 Å². The highest BCUT2D eigenvalue weighted by Crippen LogP contribution is 2.28. The van der Waals surface area contributed by atoms with Crippen LogP contribution < -0.4 is 14.5 Å². The molecule has 2 amide bonds. The summed E-state index contributed by atoms with van der Waals surface area (Å²) >= 11 is 0. The maximum atomic E-state index is 14.3. The second kappa shape index (κ2) is 9.17. The average Bonchev–Trinajstić information content (AvgIpc) is 3.51. The maximum Gasteiger partial charge on any atom is 0.228 e. The largest absolute Gasteiger partial charge is 0.497 e. The minimum absolute atomic E-state index is 0.00135. The highest BCUT2D eigenvalue weighted by Gasteiger charge is 2.38. The molecule has 34 heavy (non-hydrogen) atoms. The van der Waals surface area contributed by atoms with Crippen LogP contribution in [0.1, 0.15) is 6.42 Å². The molecule has 2 aliphatic heterocycles. The molecule has 1 unspecified atom stereocenters. The van der Waals surface area contributed by atoms with Gasteiger partial charge >= 0.3 is 0 Å². The Kier molecular flexibility index (Phi) is 5.91. The number of halogens is 1. The van der Waals surface area contributed by atoms with Gasteiger partial charge in [-0.2, -0.15) is 0 Å². The van der Waals surface area contributed by atoms with E-state index in [9.17, 15) is 14.0 Å². The Morgan fingerprint density at radius 1 is 1.06 bits per heavy atom. The predicted molar refractivity (Wildman–Crippen MR) is 126 cm³/mol. The Labute approximate surface area is 197 Å². The second-order valence-corrected chi connectivity index (χ2v) is 8.46. The molecule has 1 aromatic heterocycles. The standard InChI is InChI=1S/C25H26FN5O3/c1-34-20-8-6-19(7-9-20)31-17-18(16-23(31)32)24(33)28-12-14-29(15-13-28)25-27-10-11-30(25)22-5-3-2-4-21(22)26/h2-11,18H,12-17H2,1H3. The zero-order chi connectivity index (χ0) is 23.7. The molecule has 176 valence electrons. The zero-order valence-electron chi connectivity index (χ0n) is 18.9. The van der Waals surface area contributed by atoms with Crippen LogP contribution in [-0.4, -0.2) is 66.1 Å². The third kappa shape index (κ3) is 4.09. The molecule has 0 radical (unpaired) electrons. The molecular weight excluding hydrogens is 437 g/mol. The fourth-order valence-corrected chi connectivity index (χ4v) is 4.63. The number of para-hydroxylation sites is 1. The Morgan fingerprint density at radius 2 is 1.79 bits per heavy atom. The van der Waals surface area contributed by atoms with Crippen LogP contribution in [0, 0.1) is 11.7 Å². The Balaban J connectivity index is 1.22. The number of aromatic nitrogens is 2. The van der Waals surface area contributed by atoms with Crippen LogP contribution in [0.4, 0.5) is 16.0 Å². The second-order valence-electron chi connectivity index (χ2n) is 8.46. The minimum atomic E-state index is -0.360. The first-order chi connectivity index (χ1) is 16.5. The molecule has 0 aliphatic carbocycles. The van der Waals surface area contributed by atoms with Gasteiger partial charge in [0.05, 0.1) is 18.7 Å². The van der Waals surface area contributed by atoms with Gasteiger partial charge in [-0.05, 0) is 36.4 Å². The molecule has 0 bridgehead atoms. The summed E-state index contributed by atoms with van der Waals surface area (Å²) in [6.07, 6.45) is 3.60. The molecule has 2 aliphatic rings. The van der Waals surface area contributed by atoms with Crippen molar-refractivity contribution in [3.63, 3.8) is 0 Å². The lowest BCUT2D eigenvalue weighted by Crippen LogP contribution is -2.51. The lowest BCUT2D eigenvalue weighted by molar-refractivity contribution is -0.136. The Morgan fingerprint density at radius 3 is 2.50 bits per heavy atom. The molecule has 8 nitrogen and oxygen atoms in total. The summed E-state index contributed by atoms with van der Waals surface area (Å²) in [6.45, 7) is 2.59. The van der Waals surface area contributed by atoms with Crippen LogP contribution in [0.5, 0.6) is 5.75 Å². The van der Waals surface area contributed by atoms with E-state index in [1.165, 1.54) is 6.07 Å². The number of nitrogens with zero attached hydrogens (tertiary/aromatic N) is 5. The van der Waals surface area contributed by atoms with Gasteiger partial charge in [0, 0.05) is 57.2 Å². The first kappa shape index (κ1) is 21.9. The highest BCUT2D eigenvalue weighted by atomic mass is 19.1. The minimum Gasteiger partial charge on any atom is -0.497 e. The smallest absolute Gasteiger partial charge is 0.228 e. The average molecular weight is 464 g/mol. The summed E-state index contributed by atoms with van der Waals surface area (Å²) in [7, 11) is 1.60. The number of hydrogen-bond donors (Lipinski definition) is 0. The molecule has 2 fully saturated rings. The van der Waals surface area contributed by atoms with E-state index >= 15 is 0 Å². The lowest BCUT2D eigenvalue weighted by atomic mass is 10.1. The van der Waals surface area contributed by atoms with Crippen molar-refractivity contribution in [2.75, 3.05) is 49.6 Å². The molecule has 2 aromatic carbocycles. The van der Waals surface area contributed by atoms with E-state index in [0.29, 0.717) is 44.4 Å². The highest BCUT2D eigenvalue weighted by molar-refractivity contribution is 6.00. The maximum absolute atomic E-state index is 14.3. The molecule has 0 spiro atoms. The molecule has 3 aromatic rings. The van der Waals surface area contributed by atoms with Crippen molar-refractivity contribution in [1.82, 2.24) is 14.5 Å². The monoisotopic (exact) mass is 463 g/mol. The van der Waals surface area contributed by atoms with Crippen molar-refractivity contribution in [3.8, 4) is 11.4 Å². The number of amides is 2. The molecule has 0 N–H and O–H groups in total. The van der Waals surface area contributed by atoms with Crippen molar-refractivity contribution in [2.24, 2.45) is 5.92 Å². The first-order valence-electron chi connectivity index (χ1n) is 11.3. The fourth-order valence-electron chi connectivity index (χ4n) is 4.63. The molecule has 0 saturated carbocycles. The SMILES string of the molecule is COc1ccc(N2CC(C(=O)N3CCN(c4nccn4-c4ccccc4F)CC3)CC2=O)cc1. The van der Waals surface area contributed by atoms with Crippen LogP contribution in [0.15, 0.2) is 60.9 Å². The number of ether oxygens (including phenoxy) is 1. The molecular formula is C25H26FN5O3. The molecule has 1 atom stereocenters. The molecule has 3 heterocycles. The van der Waals surface area contributed by atoms with Crippen molar-refractivity contribution in [3.05, 3.63) is 66.7 Å². The van der Waals surface area contributed by atoms with Crippen molar-refractivity contribution in [1.29, 1.82) is 0 Å². The summed E-state index contributed by atoms with van der Waals surface area (Å²) in [5.41, 5.74) is 1.21. The predicted octanol–water partition coefficient (Wildman–Crippen LogP) is 2.72. The van der Waals surface area contributed by atoms with Crippen LogP contribution >= 0.6 is 0 Å². The van der Waals surface area contributed by atoms with E-state index in [1.807, 2.05) is 29.2 Å². The third-order valence-electron chi connectivity index (χ3n) is 6.47. The van der Waals surface area contributed by atoms with E-state index in [2.05, 4.69) is 9.88 Å². The van der Waals surface area contributed by atoms with E-state index in [0.717, 1.165) is 11.4 Å². The molecule has 5 rings (SSSR count). The third-order valence-corrected chi connectivity index (χ3v) is 6.47. The Bertz CT molecular complexity index is 1190. The normalized spacial score (nSPS) is 18.5. The van der Waals surface area contributed by atoms with Crippen molar-refractivity contribution < 1.29 is 18.7 Å². The first-order valence-corrected chi connectivity index (χ1v) is 11.3. The quantitative estimate of drug-likeness (QED) is 0.582. The molecule has 2 saturated heterocycles. The van der Waals surface area contributed by atoms with Gasteiger partial charge in [0.25, 0.3) is 0 Å². The van der Waals surface area contributed by atoms with Crippen LogP contribution in [0.2, 0.25) is 0 Å². The summed E-state index contributed by atoms with van der Waals surface area (Å²) in [6, 6.07) is 13.9. The van der Waals surface area contributed by atoms with Gasteiger partial charge in [0.1, 0.15) is 11.6 Å². The van der Waals surface area contributed by atoms with Gasteiger partial charge < -0.3 is 19.4 Å². The summed E-state index contributed by atoms with van der Waals surface area (Å²) in [5, 5.41) is 0. The number of carbonyl (C=O) groups excluding carboxylic acids is 2. The number of anilines is 2. The van der Waals surface area contributed by atoms with Crippen LogP contribution in [0.3, 0.4) is 0 Å². The van der Waals surface area contributed by atoms with Gasteiger partial charge in [-0.3, -0.25) is 14.2 Å². The zero-order valence-corrected chi connectivity index (χ0v) is 18.9. The number of rotatable bonds is 5. The summed E-state index contributed by atoms with van der Waals surface area (Å²) < 4.78 is 21.2. The van der Waals surface area contributed by atoms with Crippen LogP contribution in [-0.2, 0) is 9.59 Å². The van der Waals surface area contributed by atoms with Gasteiger partial charge in [0.2, 0.25) is 17.8 Å². The number of methoxy groups -OCH3 is 1. The van der Waals surface area contributed by atoms with E-state index in [4.69, 9.17) is 4.74 Å². The number of piperazine rings is 1. The number of carbonyl (C=O) groups is 2. The fraction of sp³-hybridized carbons (Fsp3) is 0.320. The van der Waals surface area contributed by atoms with E-state index in [1.54, 1.807) is 47.2 Å². The van der Waals surface area contributed by atoms with Gasteiger partial charge in [-0.1, -0.05) is 12.1 Å². The lowest BCUT2D eigenvalue weighted by Gasteiger charge is -2.36. The van der Waals surface area contributed by atoms with Gasteiger partial charge in [0.15, 0.2) is 0 Å². The summed E-state index contributed by atoms with van der Waals surface area (Å²) in [4.78, 5) is 35.8. The number of hydrogen-bond acceptors (Lipinski definition) is 5. The van der Waals surface area contributed by atoms with Crippen molar-refractivity contribution >= 4 is 23.5 Å². The topological polar surface area (TPSA) is 70.9 Å². The molecule has 9 heteroatoms. The van der Waals surface area contributed by atoms with E-state index < -0.39 is 0 Å².